The molecule has 3 heteroatoms. The topological polar surface area (TPSA) is 51.0 Å². The van der Waals surface area contributed by atoms with Gasteiger partial charge in [0.1, 0.15) is 5.75 Å². The maximum Gasteiger partial charge on any atom is 0.142 e. The normalized spacial score (nSPS) is 12.9. The Morgan fingerprint density at radius 2 is 2.18 bits per heavy atom. The Bertz CT molecular complexity index is 516. The van der Waals surface area contributed by atoms with Crippen LogP contribution in [0.3, 0.4) is 0 Å². The van der Waals surface area contributed by atoms with E-state index in [0.717, 1.165) is 24.1 Å². The minimum absolute atomic E-state index is 0.0968. The van der Waals surface area contributed by atoms with Gasteiger partial charge in [0.05, 0.1) is 12.6 Å². The van der Waals surface area contributed by atoms with Crippen molar-refractivity contribution < 1.29 is 4.74 Å². The van der Waals surface area contributed by atoms with Crippen LogP contribution in [0.25, 0.3) is 10.9 Å². The highest BCUT2D eigenvalue weighted by molar-refractivity contribution is 5.91. The smallest absolute Gasteiger partial charge is 0.142 e. The zero-order valence-electron chi connectivity index (χ0n) is 10.7. The lowest BCUT2D eigenvalue weighted by molar-refractivity contribution is 0.419. The number of ether oxygens (including phenoxy) is 1. The Morgan fingerprint density at radius 1 is 1.41 bits per heavy atom. The summed E-state index contributed by atoms with van der Waals surface area (Å²) < 4.78 is 5.36. The van der Waals surface area contributed by atoms with E-state index in [1.165, 1.54) is 16.5 Å². The lowest BCUT2D eigenvalue weighted by Crippen LogP contribution is -2.09. The van der Waals surface area contributed by atoms with Crippen LogP contribution in [-0.4, -0.2) is 12.1 Å². The van der Waals surface area contributed by atoms with Gasteiger partial charge in [-0.05, 0) is 30.5 Å². The van der Waals surface area contributed by atoms with Gasteiger partial charge in [-0.1, -0.05) is 19.4 Å². The zero-order chi connectivity index (χ0) is 12.4. The predicted molar refractivity (Wildman–Crippen MR) is 71.4 cm³/mol. The van der Waals surface area contributed by atoms with Gasteiger partial charge < -0.3 is 15.5 Å². The second kappa shape index (κ2) is 4.80. The number of aryl methyl sites for hydroxylation is 1. The molecule has 92 valence electrons. The van der Waals surface area contributed by atoms with E-state index in [-0.39, 0.29) is 6.04 Å². The van der Waals surface area contributed by atoms with E-state index in [0.29, 0.717) is 0 Å². The molecule has 1 aromatic carbocycles. The van der Waals surface area contributed by atoms with Crippen LogP contribution < -0.4 is 10.5 Å². The highest BCUT2D eigenvalue weighted by atomic mass is 16.5. The molecule has 0 aliphatic heterocycles. The molecule has 2 rings (SSSR count). The molecule has 0 saturated carbocycles. The number of aromatic amines is 1. The van der Waals surface area contributed by atoms with Gasteiger partial charge in [0.25, 0.3) is 0 Å². The fraction of sp³-hybridized carbons (Fsp3) is 0.429. The van der Waals surface area contributed by atoms with Crippen molar-refractivity contribution in [1.82, 2.24) is 4.98 Å². The highest BCUT2D eigenvalue weighted by Crippen LogP contribution is 2.33. The van der Waals surface area contributed by atoms with Gasteiger partial charge in [0.15, 0.2) is 0 Å². The minimum atomic E-state index is 0.0968. The lowest BCUT2D eigenvalue weighted by atomic mass is 9.99. The zero-order valence-corrected chi connectivity index (χ0v) is 10.7. The molecule has 1 heterocycles. The van der Waals surface area contributed by atoms with Gasteiger partial charge in [0.2, 0.25) is 0 Å². The molecule has 0 bridgehead atoms. The van der Waals surface area contributed by atoms with Gasteiger partial charge >= 0.3 is 0 Å². The average Bonchev–Trinajstić information content (AvgIpc) is 2.75. The van der Waals surface area contributed by atoms with Crippen LogP contribution in [0.1, 0.15) is 36.9 Å². The second-order valence-electron chi connectivity index (χ2n) is 4.47. The van der Waals surface area contributed by atoms with Gasteiger partial charge in [0, 0.05) is 17.6 Å². The largest absolute Gasteiger partial charge is 0.495 e. The monoisotopic (exact) mass is 232 g/mol. The summed E-state index contributed by atoms with van der Waals surface area (Å²) in [5, 5.41) is 1.21. The molecule has 1 unspecified atom stereocenters. The molecule has 0 radical (unpaired) electrons. The molecule has 0 aliphatic rings. The van der Waals surface area contributed by atoms with E-state index in [2.05, 4.69) is 24.9 Å². The SMILES string of the molecule is CCCC(N)c1c[nH]c2c(OC)ccc(C)c12. The molecule has 0 amide bonds. The molecular formula is C14H20N2O. The number of nitrogens with two attached hydrogens (primary N) is 1. The summed E-state index contributed by atoms with van der Waals surface area (Å²) in [6, 6.07) is 4.17. The van der Waals surface area contributed by atoms with Crippen LogP contribution in [0.4, 0.5) is 0 Å². The van der Waals surface area contributed by atoms with Crippen LogP contribution in [0.2, 0.25) is 0 Å². The summed E-state index contributed by atoms with van der Waals surface area (Å²) in [5.74, 6) is 0.876. The van der Waals surface area contributed by atoms with E-state index in [4.69, 9.17) is 10.5 Å². The van der Waals surface area contributed by atoms with Crippen molar-refractivity contribution >= 4 is 10.9 Å². The fourth-order valence-corrected chi connectivity index (χ4v) is 2.35. The first-order chi connectivity index (χ1) is 8.19. The molecular weight excluding hydrogens is 212 g/mol. The third-order valence-corrected chi connectivity index (χ3v) is 3.26. The Hall–Kier alpha value is -1.48. The Kier molecular flexibility index (Phi) is 3.38. The van der Waals surface area contributed by atoms with Crippen molar-refractivity contribution in [2.24, 2.45) is 5.73 Å². The van der Waals surface area contributed by atoms with Crippen molar-refractivity contribution in [3.63, 3.8) is 0 Å². The fourth-order valence-electron chi connectivity index (χ4n) is 2.35. The quantitative estimate of drug-likeness (QED) is 0.850. The second-order valence-corrected chi connectivity index (χ2v) is 4.47. The Labute approximate surface area is 102 Å². The first-order valence-corrected chi connectivity index (χ1v) is 6.09. The van der Waals surface area contributed by atoms with Crippen LogP contribution >= 0.6 is 0 Å². The molecule has 0 saturated heterocycles. The molecule has 1 atom stereocenters. The Balaban J connectivity index is 2.59. The van der Waals surface area contributed by atoms with E-state index in [9.17, 15) is 0 Å². The number of aromatic nitrogens is 1. The molecule has 2 aromatic rings. The molecule has 3 nitrogen and oxygen atoms in total. The maximum atomic E-state index is 6.22. The molecule has 0 aliphatic carbocycles. The number of benzene rings is 1. The number of fused-ring (bicyclic) bond motifs is 1. The number of methoxy groups -OCH3 is 1. The number of rotatable bonds is 4. The highest BCUT2D eigenvalue weighted by Gasteiger charge is 2.15. The number of hydrogen-bond acceptors (Lipinski definition) is 2. The first kappa shape index (κ1) is 12.0. The van der Waals surface area contributed by atoms with E-state index >= 15 is 0 Å². The molecule has 0 fully saturated rings. The molecule has 1 aromatic heterocycles. The summed E-state index contributed by atoms with van der Waals surface area (Å²) >= 11 is 0. The maximum absolute atomic E-state index is 6.22. The van der Waals surface area contributed by atoms with Crippen LogP contribution in [0.15, 0.2) is 18.3 Å². The number of hydrogen-bond donors (Lipinski definition) is 2. The van der Waals surface area contributed by atoms with Crippen molar-refractivity contribution in [3.05, 3.63) is 29.5 Å². The van der Waals surface area contributed by atoms with Crippen LogP contribution in [0, 0.1) is 6.92 Å². The lowest BCUT2D eigenvalue weighted by Gasteiger charge is -2.11. The van der Waals surface area contributed by atoms with Crippen molar-refractivity contribution in [1.29, 1.82) is 0 Å². The Morgan fingerprint density at radius 3 is 2.82 bits per heavy atom. The molecule has 17 heavy (non-hydrogen) atoms. The van der Waals surface area contributed by atoms with Gasteiger partial charge in [-0.3, -0.25) is 0 Å². The van der Waals surface area contributed by atoms with Crippen molar-refractivity contribution in [2.75, 3.05) is 7.11 Å². The van der Waals surface area contributed by atoms with Gasteiger partial charge in [-0.25, -0.2) is 0 Å². The average molecular weight is 232 g/mol. The predicted octanol–water partition coefficient (Wildman–Crippen LogP) is 3.28. The van der Waals surface area contributed by atoms with E-state index in [1.54, 1.807) is 7.11 Å². The van der Waals surface area contributed by atoms with Gasteiger partial charge in [-0.2, -0.15) is 0 Å². The number of H-pyrrole nitrogens is 1. The van der Waals surface area contributed by atoms with Crippen molar-refractivity contribution in [3.8, 4) is 5.75 Å². The third kappa shape index (κ3) is 2.03. The third-order valence-electron chi connectivity index (χ3n) is 3.26. The summed E-state index contributed by atoms with van der Waals surface area (Å²) in [6.07, 6.45) is 4.11. The first-order valence-electron chi connectivity index (χ1n) is 6.09. The van der Waals surface area contributed by atoms with Crippen LogP contribution in [-0.2, 0) is 0 Å². The summed E-state index contributed by atoms with van der Waals surface area (Å²) in [6.45, 7) is 4.26. The van der Waals surface area contributed by atoms with Gasteiger partial charge in [-0.15, -0.1) is 0 Å². The minimum Gasteiger partial charge on any atom is -0.495 e. The van der Waals surface area contributed by atoms with E-state index < -0.39 is 0 Å². The van der Waals surface area contributed by atoms with E-state index in [1.807, 2.05) is 12.3 Å². The number of nitrogens with one attached hydrogen (secondary N) is 1. The summed E-state index contributed by atoms with van der Waals surface area (Å²) in [4.78, 5) is 3.28. The summed E-state index contributed by atoms with van der Waals surface area (Å²) in [5.41, 5.74) is 9.70. The molecule has 3 N–H and O–H groups in total. The standard InChI is InChI=1S/C14H20N2O/c1-4-5-11(15)10-8-16-14-12(17-3)7-6-9(2)13(10)14/h6-8,11,16H,4-5,15H2,1-3H3. The van der Waals surface area contributed by atoms with Crippen LogP contribution in [0.5, 0.6) is 5.75 Å². The molecule has 0 spiro atoms. The summed E-state index contributed by atoms with van der Waals surface area (Å²) in [7, 11) is 1.69. The van der Waals surface area contributed by atoms with Crippen molar-refractivity contribution in [2.45, 2.75) is 32.7 Å².